The van der Waals surface area contributed by atoms with Gasteiger partial charge >= 0.3 is 0 Å². The Morgan fingerprint density at radius 3 is 2.71 bits per heavy atom. The maximum atomic E-state index is 6.19. The molecule has 1 aromatic carbocycles. The molecule has 0 spiro atoms. The van der Waals surface area contributed by atoms with Gasteiger partial charge in [-0.2, -0.15) is 0 Å². The topological polar surface area (TPSA) is 26.0 Å². The summed E-state index contributed by atoms with van der Waals surface area (Å²) in [5, 5.41) is 0.835. The summed E-state index contributed by atoms with van der Waals surface area (Å²) in [6.07, 6.45) is 3.51. The van der Waals surface area contributed by atoms with E-state index in [0.717, 1.165) is 15.9 Å². The lowest BCUT2D eigenvalue weighted by molar-refractivity contribution is 0.613. The molecule has 76 valence electrons. The van der Waals surface area contributed by atoms with Crippen molar-refractivity contribution in [3.63, 3.8) is 0 Å². The monoisotopic (exact) mass is 273 g/mol. The second-order valence-electron chi connectivity index (χ2n) is 3.87. The molecule has 1 nitrogen and oxygen atoms in total. The van der Waals surface area contributed by atoms with Crippen LogP contribution in [-0.2, 0) is 0 Å². The predicted molar refractivity (Wildman–Crippen MR) is 63.7 cm³/mol. The molecule has 2 N–H and O–H groups in total. The smallest absolute Gasteiger partial charge is 0.0452 e. The van der Waals surface area contributed by atoms with Gasteiger partial charge in [0.25, 0.3) is 0 Å². The van der Waals surface area contributed by atoms with E-state index < -0.39 is 0 Å². The molecule has 0 radical (unpaired) electrons. The first-order valence-corrected chi connectivity index (χ1v) is 6.06. The molecular weight excluding hydrogens is 261 g/mol. The molecule has 2 unspecified atom stereocenters. The predicted octanol–water partition coefficient (Wildman–Crippen LogP) is 3.70. The summed E-state index contributed by atoms with van der Waals surface area (Å²) in [4.78, 5) is 0. The Labute approximate surface area is 97.8 Å². The highest BCUT2D eigenvalue weighted by molar-refractivity contribution is 9.10. The van der Waals surface area contributed by atoms with Crippen molar-refractivity contribution >= 4 is 27.5 Å². The molecule has 1 aliphatic rings. The lowest BCUT2D eigenvalue weighted by Gasteiger charge is -2.17. The van der Waals surface area contributed by atoms with Gasteiger partial charge in [0.2, 0.25) is 0 Å². The summed E-state index contributed by atoms with van der Waals surface area (Å²) < 4.78 is 1.03. The van der Waals surface area contributed by atoms with Gasteiger partial charge in [0.05, 0.1) is 0 Å². The van der Waals surface area contributed by atoms with Gasteiger partial charge < -0.3 is 5.73 Å². The van der Waals surface area contributed by atoms with Crippen LogP contribution in [0.4, 0.5) is 0 Å². The lowest BCUT2D eigenvalue weighted by atomic mass is 9.95. The molecule has 1 aromatic rings. The lowest BCUT2D eigenvalue weighted by Crippen LogP contribution is -2.22. The third-order valence-electron chi connectivity index (χ3n) is 2.93. The van der Waals surface area contributed by atoms with Crippen molar-refractivity contribution in [1.29, 1.82) is 0 Å². The zero-order valence-corrected chi connectivity index (χ0v) is 10.2. The number of halogens is 2. The standard InChI is InChI=1S/C11H13BrClN/c12-7-4-5-8(10(13)6-7)9-2-1-3-11(9)14/h4-6,9,11H,1-3,14H2. The van der Waals surface area contributed by atoms with E-state index in [-0.39, 0.29) is 6.04 Å². The van der Waals surface area contributed by atoms with E-state index >= 15 is 0 Å². The summed E-state index contributed by atoms with van der Waals surface area (Å²) in [7, 11) is 0. The van der Waals surface area contributed by atoms with Crippen LogP contribution in [0.3, 0.4) is 0 Å². The highest BCUT2D eigenvalue weighted by atomic mass is 79.9. The van der Waals surface area contributed by atoms with E-state index in [2.05, 4.69) is 22.0 Å². The van der Waals surface area contributed by atoms with E-state index in [0.29, 0.717) is 5.92 Å². The molecule has 1 fully saturated rings. The third kappa shape index (κ3) is 1.97. The molecule has 3 heteroatoms. The van der Waals surface area contributed by atoms with Crippen molar-refractivity contribution < 1.29 is 0 Å². The van der Waals surface area contributed by atoms with Crippen molar-refractivity contribution in [1.82, 2.24) is 0 Å². The molecule has 1 saturated carbocycles. The van der Waals surface area contributed by atoms with Gasteiger partial charge in [-0.25, -0.2) is 0 Å². The van der Waals surface area contributed by atoms with Gasteiger partial charge in [0.15, 0.2) is 0 Å². The highest BCUT2D eigenvalue weighted by Crippen LogP contribution is 2.37. The summed E-state index contributed by atoms with van der Waals surface area (Å²) in [5.41, 5.74) is 7.26. The minimum absolute atomic E-state index is 0.286. The van der Waals surface area contributed by atoms with Crippen LogP contribution >= 0.6 is 27.5 Å². The minimum atomic E-state index is 0.286. The molecule has 0 heterocycles. The Bertz CT molecular complexity index is 340. The van der Waals surface area contributed by atoms with Gasteiger partial charge in [-0.1, -0.05) is 40.0 Å². The van der Waals surface area contributed by atoms with Crippen LogP contribution in [0.15, 0.2) is 22.7 Å². The summed E-state index contributed by atoms with van der Waals surface area (Å²) in [6.45, 7) is 0. The normalized spacial score (nSPS) is 26.8. The quantitative estimate of drug-likeness (QED) is 0.830. The average Bonchev–Trinajstić information content (AvgIpc) is 2.52. The fraction of sp³-hybridized carbons (Fsp3) is 0.455. The van der Waals surface area contributed by atoms with Gasteiger partial charge in [-0.15, -0.1) is 0 Å². The average molecular weight is 275 g/mol. The zero-order valence-electron chi connectivity index (χ0n) is 7.84. The molecule has 2 atom stereocenters. The molecule has 0 bridgehead atoms. The van der Waals surface area contributed by atoms with E-state index in [1.807, 2.05) is 12.1 Å². The van der Waals surface area contributed by atoms with Crippen molar-refractivity contribution in [3.05, 3.63) is 33.3 Å². The van der Waals surface area contributed by atoms with Crippen LogP contribution in [0.25, 0.3) is 0 Å². The third-order valence-corrected chi connectivity index (χ3v) is 3.75. The van der Waals surface area contributed by atoms with Gasteiger partial charge in [0.1, 0.15) is 0 Å². The van der Waals surface area contributed by atoms with Crippen LogP contribution in [-0.4, -0.2) is 6.04 Å². The number of benzene rings is 1. The summed E-state index contributed by atoms with van der Waals surface area (Å²) >= 11 is 9.59. The van der Waals surface area contributed by atoms with Crippen LogP contribution in [0.2, 0.25) is 5.02 Å². The molecular formula is C11H13BrClN. The SMILES string of the molecule is NC1CCCC1c1ccc(Br)cc1Cl. The molecule has 0 amide bonds. The van der Waals surface area contributed by atoms with E-state index in [4.69, 9.17) is 17.3 Å². The van der Waals surface area contributed by atoms with Crippen molar-refractivity contribution in [2.24, 2.45) is 5.73 Å². The van der Waals surface area contributed by atoms with Crippen molar-refractivity contribution in [3.8, 4) is 0 Å². The highest BCUT2D eigenvalue weighted by Gasteiger charge is 2.26. The van der Waals surface area contributed by atoms with Crippen LogP contribution in [0.5, 0.6) is 0 Å². The molecule has 0 saturated heterocycles. The number of nitrogens with two attached hydrogens (primary N) is 1. The number of rotatable bonds is 1. The van der Waals surface area contributed by atoms with E-state index in [1.54, 1.807) is 0 Å². The van der Waals surface area contributed by atoms with Crippen molar-refractivity contribution in [2.75, 3.05) is 0 Å². The first-order valence-electron chi connectivity index (χ1n) is 4.89. The maximum absolute atomic E-state index is 6.19. The Morgan fingerprint density at radius 1 is 1.36 bits per heavy atom. The van der Waals surface area contributed by atoms with Crippen LogP contribution < -0.4 is 5.73 Å². The molecule has 0 aliphatic heterocycles. The van der Waals surface area contributed by atoms with Gasteiger partial charge in [0, 0.05) is 21.5 Å². The molecule has 1 aliphatic carbocycles. The number of hydrogen-bond donors (Lipinski definition) is 1. The Kier molecular flexibility index (Phi) is 3.15. The Hall–Kier alpha value is -0.0500. The Balaban J connectivity index is 2.31. The second-order valence-corrected chi connectivity index (χ2v) is 5.19. The molecule has 0 aromatic heterocycles. The molecule has 2 rings (SSSR count). The first-order chi connectivity index (χ1) is 6.68. The van der Waals surface area contributed by atoms with E-state index in [9.17, 15) is 0 Å². The summed E-state index contributed by atoms with van der Waals surface area (Å²) in [5.74, 6) is 0.454. The minimum Gasteiger partial charge on any atom is -0.327 e. The second kappa shape index (κ2) is 4.21. The largest absolute Gasteiger partial charge is 0.327 e. The van der Waals surface area contributed by atoms with Crippen LogP contribution in [0, 0.1) is 0 Å². The van der Waals surface area contributed by atoms with Gasteiger partial charge in [-0.3, -0.25) is 0 Å². The fourth-order valence-corrected chi connectivity index (χ4v) is 2.99. The van der Waals surface area contributed by atoms with E-state index in [1.165, 1.54) is 18.4 Å². The Morgan fingerprint density at radius 2 is 2.14 bits per heavy atom. The maximum Gasteiger partial charge on any atom is 0.0452 e. The summed E-state index contributed by atoms with van der Waals surface area (Å²) in [6, 6.07) is 6.35. The van der Waals surface area contributed by atoms with Gasteiger partial charge in [-0.05, 0) is 30.5 Å². The zero-order chi connectivity index (χ0) is 10.1. The first kappa shape index (κ1) is 10.5. The number of hydrogen-bond acceptors (Lipinski definition) is 1. The van der Waals surface area contributed by atoms with Crippen molar-refractivity contribution in [2.45, 2.75) is 31.2 Å². The van der Waals surface area contributed by atoms with Crippen LogP contribution in [0.1, 0.15) is 30.7 Å². The fourth-order valence-electron chi connectivity index (χ4n) is 2.18. The molecule has 14 heavy (non-hydrogen) atoms.